The van der Waals surface area contributed by atoms with Crippen molar-refractivity contribution in [2.75, 3.05) is 19.9 Å². The number of carbonyl (C=O) groups is 2. The number of methoxy groups -OCH3 is 1. The molecule has 0 bridgehead atoms. The predicted molar refractivity (Wildman–Crippen MR) is 55.7 cm³/mol. The molecule has 0 radical (unpaired) electrons. The number of nitrogens with one attached hydrogen (secondary N) is 1. The van der Waals surface area contributed by atoms with Gasteiger partial charge in [-0.2, -0.15) is 0 Å². The number of carbonyl (C=O) groups excluding carboxylic acids is 1. The zero-order chi connectivity index (χ0) is 12.9. The summed E-state index contributed by atoms with van der Waals surface area (Å²) >= 11 is 0. The molecule has 0 aromatic rings. The SMILES string of the molecule is COC(CNC(=O)C(C)S(C)(=O)=O)C(=O)O. The van der Waals surface area contributed by atoms with Crippen LogP contribution in [-0.4, -0.2) is 56.7 Å². The lowest BCUT2D eigenvalue weighted by atomic mass is 10.3. The maximum atomic E-state index is 11.3. The van der Waals surface area contributed by atoms with E-state index < -0.39 is 33.1 Å². The lowest BCUT2D eigenvalue weighted by molar-refractivity contribution is -0.148. The molecule has 0 aliphatic heterocycles. The number of hydrogen-bond acceptors (Lipinski definition) is 5. The van der Waals surface area contributed by atoms with Gasteiger partial charge in [0.1, 0.15) is 5.25 Å². The zero-order valence-electron chi connectivity index (χ0n) is 9.26. The van der Waals surface area contributed by atoms with E-state index in [0.29, 0.717) is 0 Å². The molecule has 7 nitrogen and oxygen atoms in total. The minimum absolute atomic E-state index is 0.273. The van der Waals surface area contributed by atoms with Crippen molar-refractivity contribution in [3.8, 4) is 0 Å². The van der Waals surface area contributed by atoms with Crippen LogP contribution in [0.25, 0.3) is 0 Å². The highest BCUT2D eigenvalue weighted by atomic mass is 32.2. The van der Waals surface area contributed by atoms with Crippen LogP contribution in [0.2, 0.25) is 0 Å². The summed E-state index contributed by atoms with van der Waals surface area (Å²) in [6.45, 7) is 0.956. The van der Waals surface area contributed by atoms with Crippen molar-refractivity contribution in [3.05, 3.63) is 0 Å². The molecule has 0 spiro atoms. The fraction of sp³-hybridized carbons (Fsp3) is 0.750. The molecule has 0 saturated carbocycles. The smallest absolute Gasteiger partial charge is 0.334 e. The molecule has 0 heterocycles. The van der Waals surface area contributed by atoms with E-state index in [1.165, 1.54) is 14.0 Å². The Labute approximate surface area is 93.7 Å². The third-order valence-electron chi connectivity index (χ3n) is 2.03. The second kappa shape index (κ2) is 5.80. The number of rotatable bonds is 6. The largest absolute Gasteiger partial charge is 0.479 e. The Bertz CT molecular complexity index is 363. The average Bonchev–Trinajstić information content (AvgIpc) is 2.15. The number of carboxylic acids is 1. The third kappa shape index (κ3) is 4.58. The summed E-state index contributed by atoms with van der Waals surface area (Å²) in [5, 5.41) is 9.58. The maximum absolute atomic E-state index is 11.3. The summed E-state index contributed by atoms with van der Waals surface area (Å²) < 4.78 is 26.6. The first-order valence-corrected chi connectivity index (χ1v) is 6.37. The molecule has 16 heavy (non-hydrogen) atoms. The topological polar surface area (TPSA) is 110 Å². The minimum Gasteiger partial charge on any atom is -0.479 e. The molecule has 2 atom stereocenters. The molecule has 0 saturated heterocycles. The quantitative estimate of drug-likeness (QED) is 0.604. The van der Waals surface area contributed by atoms with Crippen molar-refractivity contribution in [1.29, 1.82) is 0 Å². The van der Waals surface area contributed by atoms with Crippen LogP contribution in [0.3, 0.4) is 0 Å². The maximum Gasteiger partial charge on any atom is 0.334 e. The molecule has 0 fully saturated rings. The van der Waals surface area contributed by atoms with Crippen LogP contribution >= 0.6 is 0 Å². The Kier molecular flexibility index (Phi) is 5.39. The molecule has 0 aliphatic rings. The Morgan fingerprint density at radius 3 is 2.25 bits per heavy atom. The van der Waals surface area contributed by atoms with Gasteiger partial charge in [-0.3, -0.25) is 4.79 Å². The number of amides is 1. The number of aliphatic carboxylic acids is 1. The van der Waals surface area contributed by atoms with Gasteiger partial charge in [-0.15, -0.1) is 0 Å². The summed E-state index contributed by atoms with van der Waals surface area (Å²) in [4.78, 5) is 21.8. The van der Waals surface area contributed by atoms with Crippen LogP contribution in [0.5, 0.6) is 0 Å². The molecule has 0 aromatic heterocycles. The molecule has 0 rings (SSSR count). The Morgan fingerprint density at radius 2 is 1.94 bits per heavy atom. The van der Waals surface area contributed by atoms with Crippen molar-refractivity contribution in [2.24, 2.45) is 0 Å². The number of sulfone groups is 1. The summed E-state index contributed by atoms with van der Waals surface area (Å²) in [6.07, 6.45) is -0.252. The predicted octanol–water partition coefficient (Wildman–Crippen LogP) is -1.36. The van der Waals surface area contributed by atoms with Gasteiger partial charge >= 0.3 is 5.97 Å². The van der Waals surface area contributed by atoms with E-state index in [1.807, 2.05) is 0 Å². The lowest BCUT2D eigenvalue weighted by Gasteiger charge is -2.14. The highest BCUT2D eigenvalue weighted by molar-refractivity contribution is 7.92. The van der Waals surface area contributed by atoms with Crippen molar-refractivity contribution in [2.45, 2.75) is 18.3 Å². The minimum atomic E-state index is -3.48. The fourth-order valence-electron chi connectivity index (χ4n) is 0.803. The molecular formula is C8H15NO6S. The first-order chi connectivity index (χ1) is 7.20. The summed E-state index contributed by atoms with van der Waals surface area (Å²) in [5.41, 5.74) is 0. The Morgan fingerprint density at radius 1 is 1.44 bits per heavy atom. The van der Waals surface area contributed by atoms with Crippen molar-refractivity contribution in [3.63, 3.8) is 0 Å². The zero-order valence-corrected chi connectivity index (χ0v) is 10.1. The normalized spacial score (nSPS) is 15.2. The summed E-state index contributed by atoms with van der Waals surface area (Å²) in [5.74, 6) is -1.97. The van der Waals surface area contributed by atoms with E-state index in [2.05, 4.69) is 10.1 Å². The van der Waals surface area contributed by atoms with Crippen LogP contribution in [0, 0.1) is 0 Å². The molecule has 94 valence electrons. The van der Waals surface area contributed by atoms with Gasteiger partial charge in [-0.25, -0.2) is 13.2 Å². The number of ether oxygens (including phenoxy) is 1. The second-order valence-electron chi connectivity index (χ2n) is 3.28. The van der Waals surface area contributed by atoms with Gasteiger partial charge in [-0.1, -0.05) is 0 Å². The number of hydrogen-bond donors (Lipinski definition) is 2. The molecule has 1 amide bonds. The highest BCUT2D eigenvalue weighted by Gasteiger charge is 2.25. The van der Waals surface area contributed by atoms with Crippen molar-refractivity contribution >= 4 is 21.7 Å². The Hall–Kier alpha value is -1.15. The Balaban J connectivity index is 4.33. The molecule has 8 heteroatoms. The van der Waals surface area contributed by atoms with Crippen LogP contribution in [0.1, 0.15) is 6.92 Å². The third-order valence-corrected chi connectivity index (χ3v) is 3.53. The van der Waals surface area contributed by atoms with Crippen LogP contribution < -0.4 is 5.32 Å². The van der Waals surface area contributed by atoms with E-state index >= 15 is 0 Å². The van der Waals surface area contributed by atoms with Crippen LogP contribution in [0.4, 0.5) is 0 Å². The molecule has 2 unspecified atom stereocenters. The number of carboxylic acid groups (broad SMARTS) is 1. The van der Waals surface area contributed by atoms with Crippen LogP contribution in [0.15, 0.2) is 0 Å². The van der Waals surface area contributed by atoms with Crippen LogP contribution in [-0.2, 0) is 24.2 Å². The second-order valence-corrected chi connectivity index (χ2v) is 5.65. The van der Waals surface area contributed by atoms with Gasteiger partial charge in [0.05, 0.1) is 6.54 Å². The van der Waals surface area contributed by atoms with E-state index in [4.69, 9.17) is 5.11 Å². The van der Waals surface area contributed by atoms with Crippen molar-refractivity contribution in [1.82, 2.24) is 5.32 Å². The highest BCUT2D eigenvalue weighted by Crippen LogP contribution is 1.98. The van der Waals surface area contributed by atoms with E-state index in [-0.39, 0.29) is 6.54 Å². The lowest BCUT2D eigenvalue weighted by Crippen LogP contribution is -2.43. The molecule has 0 aromatic carbocycles. The first-order valence-electron chi connectivity index (χ1n) is 4.42. The van der Waals surface area contributed by atoms with Gasteiger partial charge in [0.2, 0.25) is 5.91 Å². The molecule has 0 aliphatic carbocycles. The van der Waals surface area contributed by atoms with Crippen molar-refractivity contribution < 1.29 is 27.9 Å². The monoisotopic (exact) mass is 253 g/mol. The summed E-state index contributed by atoms with van der Waals surface area (Å²) in [7, 11) is -2.29. The fourth-order valence-corrected chi connectivity index (χ4v) is 1.28. The standard InChI is InChI=1S/C8H15NO6S/c1-5(16(3,13)14)7(10)9-4-6(15-2)8(11)12/h5-6H,4H2,1-3H3,(H,9,10)(H,11,12). The van der Waals surface area contributed by atoms with E-state index in [9.17, 15) is 18.0 Å². The van der Waals surface area contributed by atoms with E-state index in [0.717, 1.165) is 6.26 Å². The van der Waals surface area contributed by atoms with Gasteiger partial charge in [0.15, 0.2) is 15.9 Å². The van der Waals surface area contributed by atoms with Gasteiger partial charge < -0.3 is 15.2 Å². The van der Waals surface area contributed by atoms with Gasteiger partial charge in [0, 0.05) is 13.4 Å². The average molecular weight is 253 g/mol. The molecule has 2 N–H and O–H groups in total. The van der Waals surface area contributed by atoms with E-state index in [1.54, 1.807) is 0 Å². The summed E-state index contributed by atoms with van der Waals surface area (Å²) in [6, 6.07) is 0. The van der Waals surface area contributed by atoms with Gasteiger partial charge in [-0.05, 0) is 6.92 Å². The van der Waals surface area contributed by atoms with Gasteiger partial charge in [0.25, 0.3) is 0 Å². The molecular weight excluding hydrogens is 238 g/mol. The first kappa shape index (κ1) is 14.8.